The van der Waals surface area contributed by atoms with Gasteiger partial charge in [-0.25, -0.2) is 0 Å². The van der Waals surface area contributed by atoms with Crippen molar-refractivity contribution in [3.63, 3.8) is 0 Å². The Morgan fingerprint density at radius 3 is 2.33 bits per heavy atom. The first-order valence-corrected chi connectivity index (χ1v) is 7.73. The molecule has 0 bridgehead atoms. The fourth-order valence-corrected chi connectivity index (χ4v) is 3.24. The zero-order valence-electron chi connectivity index (χ0n) is 13.5. The van der Waals surface area contributed by atoms with Crippen LogP contribution in [0, 0.1) is 0 Å². The molecule has 1 aliphatic carbocycles. The molecule has 3 nitrogen and oxygen atoms in total. The highest BCUT2D eigenvalue weighted by Gasteiger charge is 2.26. The highest BCUT2D eigenvalue weighted by molar-refractivity contribution is 6.39. The first kappa shape index (κ1) is 14.5. The average Bonchev–Trinajstić information content (AvgIpc) is 2.64. The molecule has 0 heterocycles. The maximum Gasteiger partial charge on any atom is 0.198 e. The number of hydrogen-bond acceptors (Lipinski definition) is 3. The number of benzene rings is 3. The van der Waals surface area contributed by atoms with Crippen LogP contribution in [0.2, 0.25) is 0 Å². The van der Waals surface area contributed by atoms with Crippen molar-refractivity contribution in [2.75, 3.05) is 14.2 Å². The largest absolute Gasteiger partial charge is 0.497 e. The van der Waals surface area contributed by atoms with Crippen molar-refractivity contribution in [3.8, 4) is 11.5 Å². The third-order valence-electron chi connectivity index (χ3n) is 4.43. The summed E-state index contributed by atoms with van der Waals surface area (Å²) in [5.74, 6) is 1.36. The molecule has 3 aromatic carbocycles. The van der Waals surface area contributed by atoms with Crippen LogP contribution in [-0.2, 0) is 0 Å². The zero-order chi connectivity index (χ0) is 16.7. The number of hydrogen-bond donors (Lipinski definition) is 0. The predicted molar refractivity (Wildman–Crippen MR) is 95.7 cm³/mol. The van der Waals surface area contributed by atoms with Gasteiger partial charge in [0.1, 0.15) is 11.5 Å². The second kappa shape index (κ2) is 5.53. The summed E-state index contributed by atoms with van der Waals surface area (Å²) in [6, 6.07) is 17.4. The number of rotatable bonds is 3. The van der Waals surface area contributed by atoms with Crippen molar-refractivity contribution in [1.82, 2.24) is 0 Å². The Bertz CT molecular complexity index is 982. The molecule has 0 saturated heterocycles. The molecule has 3 heteroatoms. The number of carbonyl (C=O) groups is 1. The van der Waals surface area contributed by atoms with Gasteiger partial charge in [-0.2, -0.15) is 0 Å². The smallest absolute Gasteiger partial charge is 0.198 e. The van der Waals surface area contributed by atoms with Crippen LogP contribution in [0.15, 0.2) is 54.6 Å². The lowest BCUT2D eigenvalue weighted by molar-refractivity contribution is 0.105. The molecule has 4 rings (SSSR count). The highest BCUT2D eigenvalue weighted by Crippen LogP contribution is 2.39. The van der Waals surface area contributed by atoms with Crippen molar-refractivity contribution in [3.05, 3.63) is 71.3 Å². The number of carbonyl (C=O) groups excluding carboxylic acids is 1. The Balaban J connectivity index is 1.96. The summed E-state index contributed by atoms with van der Waals surface area (Å²) in [6.45, 7) is 0. The molecule has 0 spiro atoms. The third kappa shape index (κ3) is 2.09. The van der Waals surface area contributed by atoms with Gasteiger partial charge in [0.15, 0.2) is 5.78 Å². The molecule has 0 amide bonds. The van der Waals surface area contributed by atoms with Gasteiger partial charge in [-0.15, -0.1) is 0 Å². The second-order valence-corrected chi connectivity index (χ2v) is 5.70. The molecule has 0 fully saturated rings. The van der Waals surface area contributed by atoms with E-state index in [4.69, 9.17) is 9.47 Å². The molecule has 0 atom stereocenters. The minimum absolute atomic E-state index is 0.0127. The molecule has 0 aromatic heterocycles. The van der Waals surface area contributed by atoms with Crippen LogP contribution >= 0.6 is 0 Å². The molecular formula is C21H16O3. The Morgan fingerprint density at radius 2 is 1.62 bits per heavy atom. The minimum Gasteiger partial charge on any atom is -0.497 e. The molecule has 0 aliphatic heterocycles. The van der Waals surface area contributed by atoms with E-state index in [0.29, 0.717) is 16.9 Å². The summed E-state index contributed by atoms with van der Waals surface area (Å²) in [5, 5.41) is 2.00. The molecule has 3 aromatic rings. The van der Waals surface area contributed by atoms with Crippen molar-refractivity contribution in [1.29, 1.82) is 0 Å². The van der Waals surface area contributed by atoms with Crippen molar-refractivity contribution in [2.45, 2.75) is 0 Å². The normalized spacial score (nSPS) is 12.9. The molecule has 0 N–H and O–H groups in total. The maximum atomic E-state index is 13.2. The minimum atomic E-state index is -0.0127. The Morgan fingerprint density at radius 1 is 0.833 bits per heavy atom. The summed E-state index contributed by atoms with van der Waals surface area (Å²) in [7, 11) is 3.22. The summed E-state index contributed by atoms with van der Waals surface area (Å²) in [6.07, 6.45) is 1.96. The van der Waals surface area contributed by atoms with Crippen LogP contribution in [0.3, 0.4) is 0 Å². The summed E-state index contributed by atoms with van der Waals surface area (Å²) >= 11 is 0. The first-order valence-electron chi connectivity index (χ1n) is 7.73. The fourth-order valence-electron chi connectivity index (χ4n) is 3.24. The van der Waals surface area contributed by atoms with Crippen LogP contribution < -0.4 is 9.47 Å². The molecule has 0 unspecified atom stereocenters. The maximum absolute atomic E-state index is 13.2. The van der Waals surface area contributed by atoms with Crippen LogP contribution in [0.5, 0.6) is 11.5 Å². The molecular weight excluding hydrogens is 300 g/mol. The monoisotopic (exact) mass is 316 g/mol. The van der Waals surface area contributed by atoms with E-state index >= 15 is 0 Å². The van der Waals surface area contributed by atoms with Crippen LogP contribution in [0.1, 0.15) is 21.5 Å². The Hall–Kier alpha value is -3.07. The lowest BCUT2D eigenvalue weighted by Crippen LogP contribution is -2.10. The molecule has 24 heavy (non-hydrogen) atoms. The van der Waals surface area contributed by atoms with Crippen LogP contribution in [0.4, 0.5) is 0 Å². The van der Waals surface area contributed by atoms with E-state index in [0.717, 1.165) is 27.6 Å². The molecule has 118 valence electrons. The van der Waals surface area contributed by atoms with E-state index in [1.165, 1.54) is 0 Å². The standard InChI is InChI=1S/C21H16O3/c1-23-16-9-6-13(7-10-16)17-12-15-5-3-4-14-8-11-18(24-2)20(19(14)15)21(17)22/h3-12H,1-2H3. The van der Waals surface area contributed by atoms with E-state index in [9.17, 15) is 4.79 Å². The van der Waals surface area contributed by atoms with Gasteiger partial charge in [-0.3, -0.25) is 4.79 Å². The quantitative estimate of drug-likeness (QED) is 0.709. The van der Waals surface area contributed by atoms with Gasteiger partial charge < -0.3 is 9.47 Å². The van der Waals surface area contributed by atoms with Crippen molar-refractivity contribution >= 4 is 28.2 Å². The molecule has 1 aliphatic rings. The Kier molecular flexibility index (Phi) is 3.35. The number of Topliss-reactive ketones (excluding diaryl/α,β-unsaturated/α-hetero) is 1. The van der Waals surface area contributed by atoms with E-state index < -0.39 is 0 Å². The van der Waals surface area contributed by atoms with Crippen molar-refractivity contribution in [2.24, 2.45) is 0 Å². The number of ketones is 1. The molecule has 0 saturated carbocycles. The van der Waals surface area contributed by atoms with Gasteiger partial charge in [0, 0.05) is 11.0 Å². The predicted octanol–water partition coefficient (Wildman–Crippen LogP) is 4.59. The van der Waals surface area contributed by atoms with Gasteiger partial charge in [-0.05, 0) is 40.8 Å². The van der Waals surface area contributed by atoms with E-state index in [-0.39, 0.29) is 5.78 Å². The highest BCUT2D eigenvalue weighted by atomic mass is 16.5. The summed E-state index contributed by atoms with van der Waals surface area (Å²) in [4.78, 5) is 13.2. The van der Waals surface area contributed by atoms with Gasteiger partial charge in [0.05, 0.1) is 19.8 Å². The summed E-state index contributed by atoms with van der Waals surface area (Å²) < 4.78 is 10.7. The van der Waals surface area contributed by atoms with Gasteiger partial charge in [-0.1, -0.05) is 36.4 Å². The topological polar surface area (TPSA) is 35.5 Å². The average molecular weight is 316 g/mol. The van der Waals surface area contributed by atoms with E-state index in [1.807, 2.05) is 60.7 Å². The van der Waals surface area contributed by atoms with Crippen LogP contribution in [0.25, 0.3) is 22.4 Å². The Labute approximate surface area is 140 Å². The molecule has 0 radical (unpaired) electrons. The van der Waals surface area contributed by atoms with Crippen LogP contribution in [-0.4, -0.2) is 20.0 Å². The van der Waals surface area contributed by atoms with E-state index in [2.05, 4.69) is 0 Å². The second-order valence-electron chi connectivity index (χ2n) is 5.70. The number of methoxy groups -OCH3 is 2. The third-order valence-corrected chi connectivity index (χ3v) is 4.43. The SMILES string of the molecule is COc1ccc(C2=Cc3cccc4ccc(OC)c(c34)C2=O)cc1. The van der Waals surface area contributed by atoms with Gasteiger partial charge in [0.25, 0.3) is 0 Å². The van der Waals surface area contributed by atoms with Gasteiger partial charge >= 0.3 is 0 Å². The first-order chi connectivity index (χ1) is 11.7. The lowest BCUT2D eigenvalue weighted by Gasteiger charge is -2.19. The van der Waals surface area contributed by atoms with Crippen molar-refractivity contribution < 1.29 is 14.3 Å². The fraction of sp³-hybridized carbons (Fsp3) is 0.0952. The van der Waals surface area contributed by atoms with E-state index in [1.54, 1.807) is 14.2 Å². The van der Waals surface area contributed by atoms with Gasteiger partial charge in [0.2, 0.25) is 0 Å². The number of allylic oxidation sites excluding steroid dienone is 1. The zero-order valence-corrected chi connectivity index (χ0v) is 13.5. The summed E-state index contributed by atoms with van der Waals surface area (Å²) in [5.41, 5.74) is 3.21. The lowest BCUT2D eigenvalue weighted by atomic mass is 9.84. The number of ether oxygens (including phenoxy) is 2.